The number of nitrogens with zero attached hydrogens (tertiary/aromatic N) is 1. The molecule has 1 amide bonds. The van der Waals surface area contributed by atoms with Crippen LogP contribution < -0.4 is 16.0 Å². The molecule has 1 fully saturated rings. The maximum absolute atomic E-state index is 12.3. The summed E-state index contributed by atoms with van der Waals surface area (Å²) < 4.78 is 5.36. The van der Waals surface area contributed by atoms with Crippen molar-refractivity contribution in [3.8, 4) is 0 Å². The molecule has 23 heavy (non-hydrogen) atoms. The molecule has 0 unspecified atom stereocenters. The lowest BCUT2D eigenvalue weighted by Crippen LogP contribution is -2.36. The van der Waals surface area contributed by atoms with Crippen LogP contribution in [-0.4, -0.2) is 32.2 Å². The molecule has 3 rings (SSSR count). The summed E-state index contributed by atoms with van der Waals surface area (Å²) in [6.07, 6.45) is 0. The van der Waals surface area contributed by atoms with E-state index in [2.05, 4.69) is 10.2 Å². The van der Waals surface area contributed by atoms with E-state index < -0.39 is 0 Å². The number of ether oxygens (including phenoxy) is 1. The average Bonchev–Trinajstić information content (AvgIpc) is 2.59. The van der Waals surface area contributed by atoms with Crippen LogP contribution in [0.4, 0.5) is 17.1 Å². The molecule has 1 saturated heterocycles. The van der Waals surface area contributed by atoms with Gasteiger partial charge in [0.1, 0.15) is 0 Å². The number of benzene rings is 2. The summed E-state index contributed by atoms with van der Waals surface area (Å²) in [5.74, 6) is -0.204. The molecule has 1 aliphatic heterocycles. The lowest BCUT2D eigenvalue weighted by atomic mass is 10.2. The lowest BCUT2D eigenvalue weighted by molar-refractivity contribution is 0.102. The molecule has 0 bridgehead atoms. The van der Waals surface area contributed by atoms with Crippen LogP contribution in [0.2, 0.25) is 5.02 Å². The van der Waals surface area contributed by atoms with Crippen LogP contribution in [0.15, 0.2) is 42.5 Å². The third-order valence-corrected chi connectivity index (χ3v) is 4.07. The first-order valence-corrected chi connectivity index (χ1v) is 7.81. The zero-order chi connectivity index (χ0) is 16.2. The molecule has 0 radical (unpaired) electrons. The van der Waals surface area contributed by atoms with Crippen LogP contribution in [0.5, 0.6) is 0 Å². The highest BCUT2D eigenvalue weighted by molar-refractivity contribution is 6.34. The number of hydrogen-bond acceptors (Lipinski definition) is 4. The van der Waals surface area contributed by atoms with Gasteiger partial charge >= 0.3 is 0 Å². The Morgan fingerprint density at radius 1 is 1.17 bits per heavy atom. The molecule has 6 heteroatoms. The van der Waals surface area contributed by atoms with Crippen LogP contribution in [0.3, 0.4) is 0 Å². The monoisotopic (exact) mass is 331 g/mol. The van der Waals surface area contributed by atoms with Gasteiger partial charge in [-0.2, -0.15) is 0 Å². The standard InChI is InChI=1S/C17H18ClN3O2/c18-13-10-14(19)16(21-6-8-23-9-7-21)11-15(13)20-17(22)12-4-2-1-3-5-12/h1-5,10-11H,6-9,19H2,(H,20,22). The zero-order valence-electron chi connectivity index (χ0n) is 12.6. The van der Waals surface area contributed by atoms with Gasteiger partial charge in [0.15, 0.2) is 0 Å². The minimum atomic E-state index is -0.204. The van der Waals surface area contributed by atoms with Gasteiger partial charge < -0.3 is 20.7 Å². The molecule has 0 aliphatic carbocycles. The minimum Gasteiger partial charge on any atom is -0.397 e. The van der Waals surface area contributed by atoms with Crippen molar-refractivity contribution in [2.45, 2.75) is 0 Å². The van der Waals surface area contributed by atoms with Gasteiger partial charge in [-0.3, -0.25) is 4.79 Å². The molecule has 0 atom stereocenters. The molecule has 1 heterocycles. The Morgan fingerprint density at radius 3 is 2.57 bits per heavy atom. The number of nitrogens with two attached hydrogens (primary N) is 1. The fourth-order valence-corrected chi connectivity index (χ4v) is 2.75. The van der Waals surface area contributed by atoms with E-state index in [1.165, 1.54) is 0 Å². The van der Waals surface area contributed by atoms with E-state index >= 15 is 0 Å². The highest BCUT2D eigenvalue weighted by atomic mass is 35.5. The van der Waals surface area contributed by atoms with Gasteiger partial charge in [0.2, 0.25) is 0 Å². The fourth-order valence-electron chi connectivity index (χ4n) is 2.54. The summed E-state index contributed by atoms with van der Waals surface area (Å²) in [5.41, 5.74) is 8.67. The molecule has 0 saturated carbocycles. The number of carbonyl (C=O) groups is 1. The van der Waals surface area contributed by atoms with Gasteiger partial charge in [0, 0.05) is 18.7 Å². The topological polar surface area (TPSA) is 67.6 Å². The number of halogens is 1. The van der Waals surface area contributed by atoms with Crippen LogP contribution in [0, 0.1) is 0 Å². The van der Waals surface area contributed by atoms with Crippen LogP contribution in [0.25, 0.3) is 0 Å². The number of anilines is 3. The van der Waals surface area contributed by atoms with Crippen LogP contribution in [-0.2, 0) is 4.74 Å². The maximum atomic E-state index is 12.3. The number of morpholine rings is 1. The van der Waals surface area contributed by atoms with E-state index in [9.17, 15) is 4.79 Å². The third-order valence-electron chi connectivity index (χ3n) is 3.75. The summed E-state index contributed by atoms with van der Waals surface area (Å²) in [4.78, 5) is 14.4. The predicted molar refractivity (Wildman–Crippen MR) is 93.3 cm³/mol. The Hall–Kier alpha value is -2.24. The normalized spacial score (nSPS) is 14.6. The van der Waals surface area contributed by atoms with E-state index in [0.717, 1.165) is 18.8 Å². The van der Waals surface area contributed by atoms with Crippen molar-refractivity contribution in [3.05, 3.63) is 53.1 Å². The van der Waals surface area contributed by atoms with Crippen LogP contribution >= 0.6 is 11.6 Å². The van der Waals surface area contributed by atoms with E-state index in [-0.39, 0.29) is 5.91 Å². The molecular weight excluding hydrogens is 314 g/mol. The van der Waals surface area contributed by atoms with Crippen molar-refractivity contribution in [1.29, 1.82) is 0 Å². The summed E-state index contributed by atoms with van der Waals surface area (Å²) >= 11 is 6.23. The first-order valence-electron chi connectivity index (χ1n) is 7.43. The van der Waals surface area contributed by atoms with E-state index in [0.29, 0.717) is 35.2 Å². The smallest absolute Gasteiger partial charge is 0.255 e. The lowest BCUT2D eigenvalue weighted by Gasteiger charge is -2.30. The van der Waals surface area contributed by atoms with Gasteiger partial charge in [-0.15, -0.1) is 0 Å². The summed E-state index contributed by atoms with van der Waals surface area (Å²) in [7, 11) is 0. The summed E-state index contributed by atoms with van der Waals surface area (Å²) in [5, 5.41) is 3.27. The van der Waals surface area contributed by atoms with E-state index in [1.807, 2.05) is 24.3 Å². The zero-order valence-corrected chi connectivity index (χ0v) is 13.3. The number of nitrogen functional groups attached to an aromatic ring is 1. The van der Waals surface area contributed by atoms with E-state index in [4.69, 9.17) is 22.1 Å². The largest absolute Gasteiger partial charge is 0.397 e. The number of hydrogen-bond donors (Lipinski definition) is 2. The van der Waals surface area contributed by atoms with Gasteiger partial charge in [0.05, 0.1) is 35.3 Å². The quantitative estimate of drug-likeness (QED) is 0.848. The highest BCUT2D eigenvalue weighted by Crippen LogP contribution is 2.34. The molecule has 0 spiro atoms. The first kappa shape index (κ1) is 15.6. The average molecular weight is 332 g/mol. The van der Waals surface area contributed by atoms with Crippen molar-refractivity contribution in [2.24, 2.45) is 0 Å². The Morgan fingerprint density at radius 2 is 1.87 bits per heavy atom. The Bertz CT molecular complexity index is 700. The molecular formula is C17H18ClN3O2. The third kappa shape index (κ3) is 3.57. The molecule has 3 N–H and O–H groups in total. The van der Waals surface area contributed by atoms with Gasteiger partial charge in [-0.05, 0) is 24.3 Å². The van der Waals surface area contributed by atoms with Gasteiger partial charge in [-0.1, -0.05) is 29.8 Å². The minimum absolute atomic E-state index is 0.204. The fraction of sp³-hybridized carbons (Fsp3) is 0.235. The van der Waals surface area contributed by atoms with Gasteiger partial charge in [0.25, 0.3) is 5.91 Å². The second-order valence-corrected chi connectivity index (χ2v) is 5.72. The number of carbonyl (C=O) groups excluding carboxylic acids is 1. The van der Waals surface area contributed by atoms with Crippen molar-refractivity contribution >= 4 is 34.6 Å². The summed E-state index contributed by atoms with van der Waals surface area (Å²) in [6, 6.07) is 12.5. The predicted octanol–water partition coefficient (Wildman–Crippen LogP) is 3.01. The second kappa shape index (κ2) is 6.89. The molecule has 1 aliphatic rings. The Kier molecular flexibility index (Phi) is 4.69. The van der Waals surface area contributed by atoms with Crippen LogP contribution in [0.1, 0.15) is 10.4 Å². The Labute approximate surface area is 140 Å². The number of rotatable bonds is 3. The van der Waals surface area contributed by atoms with Crippen molar-refractivity contribution in [1.82, 2.24) is 0 Å². The Balaban J connectivity index is 1.85. The highest BCUT2D eigenvalue weighted by Gasteiger charge is 2.17. The molecule has 120 valence electrons. The second-order valence-electron chi connectivity index (χ2n) is 5.31. The molecule has 5 nitrogen and oxygen atoms in total. The van der Waals surface area contributed by atoms with Crippen molar-refractivity contribution < 1.29 is 9.53 Å². The maximum Gasteiger partial charge on any atom is 0.255 e. The first-order chi connectivity index (χ1) is 11.1. The van der Waals surface area contributed by atoms with E-state index in [1.54, 1.807) is 18.2 Å². The summed E-state index contributed by atoms with van der Waals surface area (Å²) in [6.45, 7) is 2.84. The van der Waals surface area contributed by atoms with Crippen molar-refractivity contribution in [2.75, 3.05) is 42.3 Å². The molecule has 0 aromatic heterocycles. The number of amides is 1. The van der Waals surface area contributed by atoms with Crippen molar-refractivity contribution in [3.63, 3.8) is 0 Å². The molecule has 2 aromatic rings. The number of nitrogens with one attached hydrogen (secondary N) is 1. The molecule has 2 aromatic carbocycles. The van der Waals surface area contributed by atoms with Gasteiger partial charge in [-0.25, -0.2) is 0 Å². The SMILES string of the molecule is Nc1cc(Cl)c(NC(=O)c2ccccc2)cc1N1CCOCC1.